The Bertz CT molecular complexity index is 3790. The molecule has 1 saturated carbocycles. The number of methoxy groups -OCH3 is 2. The molecule has 520 valence electrons. The summed E-state index contributed by atoms with van der Waals surface area (Å²) in [6.45, 7) is 8.42. The molecule has 1 fully saturated rings. The van der Waals surface area contributed by atoms with Gasteiger partial charge in [-0.15, -0.1) is 11.6 Å². The van der Waals surface area contributed by atoms with Crippen molar-refractivity contribution in [3.8, 4) is 17.2 Å². The summed E-state index contributed by atoms with van der Waals surface area (Å²) in [5.41, 5.74) is 1.97. The van der Waals surface area contributed by atoms with Gasteiger partial charge in [0.25, 0.3) is 11.6 Å². The van der Waals surface area contributed by atoms with Crippen LogP contribution in [0.4, 0.5) is 30.2 Å². The van der Waals surface area contributed by atoms with Gasteiger partial charge in [0.1, 0.15) is 42.9 Å². The molecule has 3 atom stereocenters. The van der Waals surface area contributed by atoms with Crippen LogP contribution in [0.1, 0.15) is 88.3 Å². The Kier molecular flexibility index (Phi) is 33.4. The Morgan fingerprint density at radius 2 is 1.60 bits per heavy atom. The first-order valence-corrected chi connectivity index (χ1v) is 36.2. The number of fused-ring (bicyclic) bond motifs is 1. The maximum atomic E-state index is 12.8. The van der Waals surface area contributed by atoms with Gasteiger partial charge in [-0.2, -0.15) is 13.2 Å². The lowest BCUT2D eigenvalue weighted by Crippen LogP contribution is -2.47. The molecule has 2 amide bonds. The topological polar surface area (TPSA) is 325 Å². The number of carboxylic acid groups (broad SMARTS) is 1. The van der Waals surface area contributed by atoms with Crippen molar-refractivity contribution in [2.24, 2.45) is 0 Å². The third kappa shape index (κ3) is 26.4. The number of carbonyl (C=O) groups excluding carboxylic acids is 4. The number of ketones is 1. The minimum atomic E-state index is -4.71. The van der Waals surface area contributed by atoms with Crippen LogP contribution in [0.5, 0.6) is 17.2 Å². The number of para-hydroxylation sites is 3. The number of aryl methyl sites for hydroxylation is 2. The van der Waals surface area contributed by atoms with Crippen LogP contribution in [0.25, 0.3) is 0 Å². The lowest BCUT2D eigenvalue weighted by atomic mass is 10.0. The van der Waals surface area contributed by atoms with Crippen LogP contribution in [-0.4, -0.2) is 146 Å². The van der Waals surface area contributed by atoms with Crippen molar-refractivity contribution in [3.63, 3.8) is 0 Å². The highest BCUT2D eigenvalue weighted by Crippen LogP contribution is 2.43. The summed E-state index contributed by atoms with van der Waals surface area (Å²) in [4.78, 5) is 88.0. The number of aromatic nitrogens is 1. The molecule has 0 saturated heterocycles. The molecular formula is C61H70Cl5F3N5O18PS2. The molecule has 8 rings (SSSR count). The Balaban J connectivity index is 0.000000312. The summed E-state index contributed by atoms with van der Waals surface area (Å²) in [7, 11) is -4.98. The molecule has 95 heavy (non-hydrogen) atoms. The predicted octanol–water partition coefficient (Wildman–Crippen LogP) is 12.1. The van der Waals surface area contributed by atoms with E-state index < -0.39 is 74.4 Å². The highest BCUT2D eigenvalue weighted by atomic mass is 35.5. The van der Waals surface area contributed by atoms with Gasteiger partial charge in [-0.1, -0.05) is 88.8 Å². The number of halogens is 8. The van der Waals surface area contributed by atoms with Gasteiger partial charge in [-0.05, 0) is 117 Å². The van der Waals surface area contributed by atoms with E-state index in [2.05, 4.69) is 41.7 Å². The smallest absolute Gasteiger partial charge is 0.416 e. The lowest BCUT2D eigenvalue weighted by molar-refractivity contribution is -0.385. The minimum Gasteiger partial charge on any atom is -0.778 e. The monoisotopic (exact) mass is 1490 g/mol. The number of carboxylic acids is 1. The molecule has 3 unspecified atom stereocenters. The van der Waals surface area contributed by atoms with Crippen molar-refractivity contribution in [1.29, 1.82) is 0 Å². The number of amides is 2. The summed E-state index contributed by atoms with van der Waals surface area (Å²) in [5, 5.41) is 25.2. The lowest BCUT2D eigenvalue weighted by Gasteiger charge is -2.35. The Morgan fingerprint density at radius 1 is 0.958 bits per heavy atom. The largest absolute Gasteiger partial charge is 0.778 e. The molecule has 1 aliphatic carbocycles. The number of rotatable bonds is 19. The molecule has 0 spiro atoms. The van der Waals surface area contributed by atoms with Crippen molar-refractivity contribution < 1.29 is 93.4 Å². The van der Waals surface area contributed by atoms with Crippen molar-refractivity contribution >= 4 is 133 Å². The number of nitro groups is 1. The second-order valence-corrected chi connectivity index (χ2v) is 29.1. The number of nitrogens with one attached hydrogen (secondary N) is 1. The van der Waals surface area contributed by atoms with Crippen LogP contribution >= 0.6 is 65.6 Å². The van der Waals surface area contributed by atoms with Gasteiger partial charge in [0.05, 0.1) is 101 Å². The first-order valence-electron chi connectivity index (χ1n) is 28.0. The van der Waals surface area contributed by atoms with E-state index in [9.17, 15) is 65.1 Å². The van der Waals surface area contributed by atoms with E-state index in [1.807, 2.05) is 62.5 Å². The molecule has 1 aliphatic heterocycles. The first kappa shape index (κ1) is 82.7. The van der Waals surface area contributed by atoms with Crippen LogP contribution in [-0.2, 0) is 61.8 Å². The first-order chi connectivity index (χ1) is 44.3. The number of sulfone groups is 1. The Morgan fingerprint density at radius 3 is 2.13 bits per heavy atom. The van der Waals surface area contributed by atoms with E-state index in [0.717, 1.165) is 67.3 Å². The zero-order valence-corrected chi connectivity index (χ0v) is 59.1. The predicted molar refractivity (Wildman–Crippen MR) is 357 cm³/mol. The van der Waals surface area contributed by atoms with Gasteiger partial charge in [-0.25, -0.2) is 13.2 Å². The number of alkyl halides is 6. The number of esters is 1. The SMILES string of the molecule is CC1COc2ccccc2N1C(=O)C(Cl)Cl.CCc1cccc(C)c1N(C(=O)CCl)C(C)COC.COC(=O)c1cc(Oc2ccc(Cl)cc2Cl)ccc1[N+](=O)[O-].CS(=O)(=O)c1cc(C(F)(F)F)ccc1C(=O)c1cnoc1C1CC1.C[S+](C)C.O=C(O)CNCP(=O)([O-])O. The average molecular weight is 1490 g/mol. The molecule has 0 radical (unpaired) electrons. The number of aliphatic carboxylic acids is 1. The molecule has 0 bridgehead atoms. The van der Waals surface area contributed by atoms with Crippen molar-refractivity contribution in [2.45, 2.75) is 80.9 Å². The number of hydrogen-bond acceptors (Lipinski definition) is 18. The van der Waals surface area contributed by atoms with Gasteiger partial charge in [-0.3, -0.25) is 34.6 Å². The second kappa shape index (κ2) is 38.4. The number of benzene rings is 5. The fraction of sp³-hybridized carbons (Fsp3) is 0.377. The zero-order valence-electron chi connectivity index (χ0n) is 52.8. The van der Waals surface area contributed by atoms with E-state index in [1.165, 1.54) is 24.4 Å². The normalized spacial score (nSPS) is 14.0. The molecule has 23 nitrogen and oxygen atoms in total. The van der Waals surface area contributed by atoms with Gasteiger partial charge in [0, 0.05) is 42.0 Å². The van der Waals surface area contributed by atoms with Crippen molar-refractivity contribution in [1.82, 2.24) is 10.5 Å². The average Bonchev–Trinajstić information content (AvgIpc) is 1.58. The number of nitrogens with zero attached hydrogens (tertiary/aromatic N) is 4. The maximum Gasteiger partial charge on any atom is 0.416 e. The highest BCUT2D eigenvalue weighted by molar-refractivity contribution is 7.94. The minimum absolute atomic E-state index is 0.0223. The number of hydrogen-bond donors (Lipinski definition) is 3. The van der Waals surface area contributed by atoms with Gasteiger partial charge in [0.2, 0.25) is 5.91 Å². The van der Waals surface area contributed by atoms with Crippen LogP contribution < -0.4 is 29.5 Å². The van der Waals surface area contributed by atoms with E-state index in [4.69, 9.17) is 86.7 Å². The molecule has 1 aromatic heterocycles. The van der Waals surface area contributed by atoms with Crippen molar-refractivity contribution in [3.05, 3.63) is 163 Å². The summed E-state index contributed by atoms with van der Waals surface area (Å²) >= 11 is 28.8. The fourth-order valence-corrected chi connectivity index (χ4v) is 10.5. The number of anilines is 2. The third-order valence-electron chi connectivity index (χ3n) is 12.7. The van der Waals surface area contributed by atoms with Crippen LogP contribution in [0.2, 0.25) is 10.0 Å². The quantitative estimate of drug-likeness (QED) is 0.0129. The maximum absolute atomic E-state index is 12.8. The van der Waals surface area contributed by atoms with Crippen LogP contribution in [0, 0.1) is 17.0 Å². The zero-order chi connectivity index (χ0) is 71.9. The van der Waals surface area contributed by atoms with Crippen LogP contribution in [0.15, 0.2) is 113 Å². The number of ether oxygens (including phenoxy) is 4. The van der Waals surface area contributed by atoms with Gasteiger partial charge < -0.3 is 52.7 Å². The fourth-order valence-electron chi connectivity index (χ4n) is 8.46. The van der Waals surface area contributed by atoms with Crippen LogP contribution in [0.3, 0.4) is 0 Å². The van der Waals surface area contributed by atoms with E-state index in [-0.39, 0.29) is 68.8 Å². The van der Waals surface area contributed by atoms with Gasteiger partial charge >= 0.3 is 18.1 Å². The molecular weight excluding hydrogens is 1420 g/mol. The molecule has 3 N–H and O–H groups in total. The van der Waals surface area contributed by atoms with E-state index in [0.29, 0.717) is 58.5 Å². The Hall–Kier alpha value is -6.53. The Labute approximate surface area is 574 Å². The summed E-state index contributed by atoms with van der Waals surface area (Å²) in [6.07, 6.45) is 5.61. The molecule has 2 aliphatic rings. The van der Waals surface area contributed by atoms with Gasteiger partial charge in [0.15, 0.2) is 26.2 Å². The molecule has 6 aromatic rings. The molecule has 34 heteroatoms. The summed E-state index contributed by atoms with van der Waals surface area (Å²) < 4.78 is 98.0. The van der Waals surface area contributed by atoms with E-state index >= 15 is 0 Å². The number of nitro benzene ring substituents is 1. The third-order valence-corrected chi connectivity index (χ3v) is 15.6. The summed E-state index contributed by atoms with van der Waals surface area (Å²) in [6, 6.07) is 23.7. The standard InChI is InChI=1S/C15H22ClNO2.C15H12F3NO4S.C14H9Cl2NO5.C11H11Cl2NO2.C3H8NO5P.C3H9S/c1-5-13-8-6-7-11(2)15(13)17(14(18)9-16)12(3)10-19-4;1-24(21,22)12-6-9(15(16,17)18)4-5-10(12)13(20)11-7-19-23-14(11)8-2-3-8;1-21-14(18)10-7-9(3-4-12(10)17(19)20)22-13-5-2-8(15)6-11(13)16;1-7-6-16-9-5-3-2-4-8(9)14(7)11(15)10(12)13;5-3(6)1-4-2-10(7,8)9;1-4(2)3/h6-8,12H,5,9-10H2,1-4H3;4-8H,2-3H2,1H3;2-7H,1H3;2-5,7,10H,6H2,1H3;4H,1-2H2,(H,5,6)(H2,7,8,9);1-3H3/q;;;;;+1/p-1. The number of carbonyl (C=O) groups is 5. The molecule has 2 heterocycles. The van der Waals surface area contributed by atoms with Crippen molar-refractivity contribution in [2.75, 3.05) is 81.0 Å². The molecule has 5 aromatic carbocycles. The second-order valence-electron chi connectivity index (χ2n) is 20.9. The van der Waals surface area contributed by atoms with E-state index in [1.54, 1.807) is 29.0 Å². The summed E-state index contributed by atoms with van der Waals surface area (Å²) in [5.74, 6) is -1.57. The highest BCUT2D eigenvalue weighted by Gasteiger charge is 2.37.